The van der Waals surface area contributed by atoms with Gasteiger partial charge in [-0.3, -0.25) is 9.59 Å². The summed E-state index contributed by atoms with van der Waals surface area (Å²) in [6, 6.07) is 9.82. The molecule has 5 rings (SSSR count). The van der Waals surface area contributed by atoms with E-state index in [1.807, 2.05) is 32.0 Å². The average Bonchev–Trinajstić information content (AvgIpc) is 3.53. The van der Waals surface area contributed by atoms with Gasteiger partial charge < -0.3 is 26.0 Å². The zero-order valence-electron chi connectivity index (χ0n) is 27.4. The highest BCUT2D eigenvalue weighted by atomic mass is 35.5. The van der Waals surface area contributed by atoms with Crippen molar-refractivity contribution in [3.63, 3.8) is 0 Å². The van der Waals surface area contributed by atoms with Crippen molar-refractivity contribution in [3.05, 3.63) is 63.3 Å². The Labute approximate surface area is 292 Å². The number of carbonyl (C=O) groups excluding carboxylic acids is 2. The van der Waals surface area contributed by atoms with E-state index in [0.29, 0.717) is 68.6 Å². The molecule has 3 aromatic rings. The Hall–Kier alpha value is -3.00. The predicted octanol–water partition coefficient (Wildman–Crippen LogP) is 4.46. The van der Waals surface area contributed by atoms with Crippen LogP contribution in [0.4, 0.5) is 0 Å². The number of unbranched alkanes of at least 4 members (excludes halogenated alkanes) is 1. The van der Waals surface area contributed by atoms with Crippen molar-refractivity contribution in [1.29, 1.82) is 0 Å². The van der Waals surface area contributed by atoms with Crippen molar-refractivity contribution in [2.24, 2.45) is 11.5 Å². The molecule has 1 atom stereocenters. The van der Waals surface area contributed by atoms with Crippen LogP contribution in [0.3, 0.4) is 0 Å². The van der Waals surface area contributed by atoms with Crippen molar-refractivity contribution in [2.45, 2.75) is 81.9 Å². The summed E-state index contributed by atoms with van der Waals surface area (Å²) in [4.78, 5) is 34.7. The number of fused-ring (bicyclic) bond motifs is 1. The lowest BCUT2D eigenvalue weighted by Gasteiger charge is -2.40. The summed E-state index contributed by atoms with van der Waals surface area (Å²) >= 11 is 13.3. The maximum Gasteiger partial charge on any atom is 0.243 e. The summed E-state index contributed by atoms with van der Waals surface area (Å²) < 4.78 is 36.8. The topological polar surface area (TPSA) is 161 Å². The molecule has 11 nitrogen and oxygen atoms in total. The first kappa shape index (κ1) is 36.3. The Kier molecular flexibility index (Phi) is 11.5. The molecule has 260 valence electrons. The van der Waals surface area contributed by atoms with Gasteiger partial charge in [0.1, 0.15) is 28.3 Å². The van der Waals surface area contributed by atoms with E-state index in [4.69, 9.17) is 39.4 Å². The number of halogens is 2. The van der Waals surface area contributed by atoms with E-state index in [0.717, 1.165) is 29.5 Å². The van der Waals surface area contributed by atoms with E-state index in [9.17, 15) is 18.0 Å². The molecule has 0 spiro atoms. The third-order valence-corrected chi connectivity index (χ3v) is 11.8. The number of benzene rings is 2. The molecule has 1 saturated carbocycles. The quantitative estimate of drug-likeness (QED) is 0.232. The second-order valence-corrected chi connectivity index (χ2v) is 15.2. The van der Waals surface area contributed by atoms with Crippen LogP contribution in [0.15, 0.2) is 41.3 Å². The summed E-state index contributed by atoms with van der Waals surface area (Å²) in [7, 11) is -4.28. The number of sulfonamides is 1. The van der Waals surface area contributed by atoms with Crippen LogP contribution in [0.1, 0.15) is 61.8 Å². The lowest BCUT2D eigenvalue weighted by Crippen LogP contribution is -2.62. The number of rotatable bonds is 12. The highest BCUT2D eigenvalue weighted by Crippen LogP contribution is 2.37. The second-order valence-electron chi connectivity index (χ2n) is 12.8. The zero-order chi connectivity index (χ0) is 34.6. The van der Waals surface area contributed by atoms with Gasteiger partial charge in [-0.1, -0.05) is 54.6 Å². The number of amides is 2. The van der Waals surface area contributed by atoms with Crippen molar-refractivity contribution in [1.82, 2.24) is 19.5 Å². The normalized spacial score (nSPS) is 17.1. The van der Waals surface area contributed by atoms with Crippen LogP contribution in [-0.2, 0) is 26.2 Å². The number of pyridine rings is 1. The number of nitrogens with zero attached hydrogens (tertiary/aromatic N) is 3. The number of nitrogens with one attached hydrogen (secondary N) is 1. The molecule has 2 amide bonds. The largest absolute Gasteiger partial charge is 0.487 e. The fraction of sp³-hybridized carbons (Fsp3) is 0.500. The van der Waals surface area contributed by atoms with Gasteiger partial charge in [0.15, 0.2) is 0 Å². The molecule has 5 N–H and O–H groups in total. The molecule has 14 heteroatoms. The van der Waals surface area contributed by atoms with Crippen molar-refractivity contribution >= 4 is 55.9 Å². The second kappa shape index (κ2) is 15.3. The van der Waals surface area contributed by atoms with Crippen LogP contribution < -0.4 is 20.9 Å². The summed E-state index contributed by atoms with van der Waals surface area (Å²) in [5.41, 5.74) is 13.2. The number of aromatic nitrogens is 1. The maximum absolute atomic E-state index is 14.0. The van der Waals surface area contributed by atoms with Crippen LogP contribution in [0, 0.1) is 13.8 Å². The Morgan fingerprint density at radius 2 is 1.73 bits per heavy atom. The van der Waals surface area contributed by atoms with Gasteiger partial charge in [-0.15, -0.1) is 0 Å². The van der Waals surface area contributed by atoms with Crippen LogP contribution in [-0.4, -0.2) is 79.3 Å². The molecule has 2 fully saturated rings. The van der Waals surface area contributed by atoms with Gasteiger partial charge in [-0.2, -0.15) is 4.72 Å². The summed E-state index contributed by atoms with van der Waals surface area (Å²) in [6.45, 7) is 5.59. The number of para-hydroxylation sites is 1. The Bertz CT molecular complexity index is 1780. The van der Waals surface area contributed by atoms with Crippen LogP contribution in [0.2, 0.25) is 10.0 Å². The van der Waals surface area contributed by atoms with Crippen molar-refractivity contribution in [2.75, 3.05) is 32.7 Å². The number of hydrogen-bond donors (Lipinski definition) is 3. The van der Waals surface area contributed by atoms with E-state index in [-0.39, 0.29) is 46.5 Å². The number of piperazine rings is 1. The van der Waals surface area contributed by atoms with Crippen molar-refractivity contribution < 1.29 is 22.7 Å². The highest BCUT2D eigenvalue weighted by molar-refractivity contribution is 7.89. The predicted molar refractivity (Wildman–Crippen MR) is 188 cm³/mol. The van der Waals surface area contributed by atoms with E-state index in [1.165, 1.54) is 12.1 Å². The van der Waals surface area contributed by atoms with Gasteiger partial charge >= 0.3 is 0 Å². The van der Waals surface area contributed by atoms with Crippen molar-refractivity contribution in [3.8, 4) is 5.75 Å². The molecule has 2 heterocycles. The smallest absolute Gasteiger partial charge is 0.243 e. The van der Waals surface area contributed by atoms with E-state index in [2.05, 4.69) is 9.71 Å². The molecule has 0 radical (unpaired) electrons. The Morgan fingerprint density at radius 1 is 1.04 bits per heavy atom. The van der Waals surface area contributed by atoms with Crippen LogP contribution in [0.5, 0.6) is 5.75 Å². The molecule has 0 unspecified atom stereocenters. The van der Waals surface area contributed by atoms with Crippen LogP contribution in [0.25, 0.3) is 10.9 Å². The first-order valence-electron chi connectivity index (χ1n) is 16.4. The number of aryl methyl sites for hydroxylation is 2. The molecule has 1 aromatic heterocycles. The van der Waals surface area contributed by atoms with Gasteiger partial charge in [0.2, 0.25) is 21.8 Å². The summed E-state index contributed by atoms with van der Waals surface area (Å²) in [5, 5.41) is 1.11. The minimum Gasteiger partial charge on any atom is -0.487 e. The third kappa shape index (κ3) is 7.74. The average molecular weight is 720 g/mol. The van der Waals surface area contributed by atoms with E-state index in [1.54, 1.807) is 15.9 Å². The number of hydrogen-bond acceptors (Lipinski definition) is 8. The van der Waals surface area contributed by atoms with Gasteiger partial charge in [0.05, 0.1) is 11.1 Å². The fourth-order valence-corrected chi connectivity index (χ4v) is 8.99. The van der Waals surface area contributed by atoms with Gasteiger partial charge in [-0.05, 0) is 75.9 Å². The molecular formula is C34H44Cl2N6O5S. The SMILES string of the molecule is Cc1cc(C)c2cccc(OCc3c(Cl)ccc(S(=O)(=O)NC4(C(=O)N5CCN(C(=O)[C@H](N)CCCCN)CC5)CCCC4)c3Cl)c2n1. The monoisotopic (exact) mass is 718 g/mol. The third-order valence-electron chi connectivity index (χ3n) is 9.31. The van der Waals surface area contributed by atoms with Gasteiger partial charge in [0.25, 0.3) is 0 Å². The number of nitrogens with two attached hydrogens (primary N) is 2. The number of ether oxygens (including phenoxy) is 1. The fourth-order valence-electron chi connectivity index (χ4n) is 6.69. The minimum atomic E-state index is -4.28. The van der Waals surface area contributed by atoms with E-state index < -0.39 is 21.6 Å². The van der Waals surface area contributed by atoms with Gasteiger partial charge in [0, 0.05) is 47.8 Å². The van der Waals surface area contributed by atoms with E-state index >= 15 is 0 Å². The summed E-state index contributed by atoms with van der Waals surface area (Å²) in [6.07, 6.45) is 4.22. The molecule has 2 aromatic carbocycles. The molecule has 0 bridgehead atoms. The number of carbonyl (C=O) groups is 2. The van der Waals surface area contributed by atoms with Gasteiger partial charge in [-0.25, -0.2) is 13.4 Å². The Morgan fingerprint density at radius 3 is 2.42 bits per heavy atom. The lowest BCUT2D eigenvalue weighted by molar-refractivity contribution is -0.144. The summed E-state index contributed by atoms with van der Waals surface area (Å²) in [5.74, 6) is 0.0730. The zero-order valence-corrected chi connectivity index (χ0v) is 29.8. The minimum absolute atomic E-state index is 0.0777. The Balaban J connectivity index is 1.31. The maximum atomic E-state index is 14.0. The molecule has 1 saturated heterocycles. The standard InChI is InChI=1S/C34H44Cl2N6O5S/c1-22-20-23(2)39-31-24(22)8-7-10-28(31)47-21-25-26(35)11-12-29(30(25)36)48(45,46)40-34(13-4-5-14-34)33(44)42-18-16-41(17-19-42)32(43)27(38)9-3-6-15-37/h7-8,10-12,20,27,40H,3-6,9,13-19,21,37-38H2,1-2H3/t27-/m1/s1. The molecule has 1 aliphatic heterocycles. The first-order valence-corrected chi connectivity index (χ1v) is 18.7. The van der Waals surface area contributed by atoms with Crippen LogP contribution >= 0.6 is 23.2 Å². The molecule has 2 aliphatic rings. The first-order chi connectivity index (χ1) is 22.9. The molecule has 1 aliphatic carbocycles. The lowest BCUT2D eigenvalue weighted by atomic mass is 9.96. The molecular weight excluding hydrogens is 675 g/mol. The molecule has 48 heavy (non-hydrogen) atoms. The highest BCUT2D eigenvalue weighted by Gasteiger charge is 2.47.